The fourth-order valence-corrected chi connectivity index (χ4v) is 5.67. The molecule has 2 aromatic carbocycles. The number of hydrogen-bond acceptors (Lipinski definition) is 1. The summed E-state index contributed by atoms with van der Waals surface area (Å²) in [5, 5.41) is 0. The van der Waals surface area contributed by atoms with Crippen molar-refractivity contribution in [2.24, 2.45) is 23.7 Å². The van der Waals surface area contributed by atoms with E-state index in [1.807, 2.05) is 38.1 Å². The molecule has 1 saturated carbocycles. The first-order valence-electron chi connectivity index (χ1n) is 13.4. The Labute approximate surface area is 206 Å². The third-order valence-corrected chi connectivity index (χ3v) is 7.48. The van der Waals surface area contributed by atoms with E-state index in [1.165, 1.54) is 18.4 Å². The van der Waals surface area contributed by atoms with E-state index < -0.39 is 5.92 Å². The maximum atomic E-state index is 14.8. The number of hydrogen-bond donors (Lipinski definition) is 0. The molecule has 2 unspecified atom stereocenters. The van der Waals surface area contributed by atoms with Crippen molar-refractivity contribution in [3.8, 4) is 0 Å². The topological polar surface area (TPSA) is 9.23 Å². The van der Waals surface area contributed by atoms with Crippen LogP contribution >= 0.6 is 0 Å². The largest absolute Gasteiger partial charge is 0.373 e. The van der Waals surface area contributed by atoms with Gasteiger partial charge in [-0.15, -0.1) is 0 Å². The van der Waals surface area contributed by atoms with Crippen LogP contribution in [0.2, 0.25) is 0 Å². The van der Waals surface area contributed by atoms with Crippen LogP contribution in [0.15, 0.2) is 60.7 Å². The zero-order valence-corrected chi connectivity index (χ0v) is 21.4. The Bertz CT molecular complexity index is 797. The van der Waals surface area contributed by atoms with Crippen molar-refractivity contribution < 1.29 is 13.5 Å². The average molecular weight is 471 g/mol. The predicted octanol–water partition coefficient (Wildman–Crippen LogP) is 9.28. The van der Waals surface area contributed by atoms with Gasteiger partial charge in [-0.2, -0.15) is 0 Å². The first-order valence-corrected chi connectivity index (χ1v) is 13.4. The molecular weight excluding hydrogens is 426 g/mol. The van der Waals surface area contributed by atoms with Gasteiger partial charge in [0.1, 0.15) is 0 Å². The minimum atomic E-state index is -2.61. The Hall–Kier alpha value is -1.74. The number of ether oxygens (including phenoxy) is 1. The first-order chi connectivity index (χ1) is 16.3. The summed E-state index contributed by atoms with van der Waals surface area (Å²) in [6.07, 6.45) is 6.87. The van der Waals surface area contributed by atoms with Crippen molar-refractivity contribution in [3.63, 3.8) is 0 Å². The minimum absolute atomic E-state index is 0.00290. The zero-order valence-electron chi connectivity index (χ0n) is 21.4. The normalized spacial score (nSPS) is 20.9. The predicted molar refractivity (Wildman–Crippen MR) is 138 cm³/mol. The molecule has 0 spiro atoms. The van der Waals surface area contributed by atoms with Crippen molar-refractivity contribution in [2.45, 2.75) is 90.6 Å². The van der Waals surface area contributed by atoms with Crippen LogP contribution in [0.1, 0.15) is 89.4 Å². The smallest absolute Gasteiger partial charge is 0.248 e. The Morgan fingerprint density at radius 3 is 2.15 bits per heavy atom. The summed E-state index contributed by atoms with van der Waals surface area (Å²) < 4.78 is 36.2. The van der Waals surface area contributed by atoms with Gasteiger partial charge in [0.25, 0.3) is 0 Å². The van der Waals surface area contributed by atoms with E-state index in [1.54, 1.807) is 0 Å². The van der Waals surface area contributed by atoms with E-state index in [2.05, 4.69) is 43.3 Å². The summed E-state index contributed by atoms with van der Waals surface area (Å²) in [6.45, 7) is 6.74. The molecule has 0 heterocycles. The molecule has 0 bridgehead atoms. The standard InChI is InChI=1S/C31H44F2O/c1-24(2)23-31(32,33)21-20-29(27-18-16-25(3)17-19-27)30(28-14-8-5-9-15-28)34-22-10-13-26-11-6-4-7-12-26/h4-9,11-12,14-15,24-25,27,29-30H,10,13,16-23H2,1-3H3. The molecule has 188 valence electrons. The van der Waals surface area contributed by atoms with Gasteiger partial charge < -0.3 is 4.74 Å². The SMILES string of the molecule is CC(C)CC(F)(F)CCC(C1CCC(C)CC1)C(OCCCc1ccccc1)c1ccccc1. The van der Waals surface area contributed by atoms with Crippen molar-refractivity contribution >= 4 is 0 Å². The monoisotopic (exact) mass is 470 g/mol. The number of benzene rings is 2. The number of aryl methyl sites for hydroxylation is 1. The van der Waals surface area contributed by atoms with Crippen LogP contribution in [0.3, 0.4) is 0 Å². The zero-order chi connectivity index (χ0) is 24.4. The lowest BCUT2D eigenvalue weighted by Gasteiger charge is -2.38. The summed E-state index contributed by atoms with van der Waals surface area (Å²) in [5.41, 5.74) is 2.45. The molecule has 34 heavy (non-hydrogen) atoms. The summed E-state index contributed by atoms with van der Waals surface area (Å²) in [6, 6.07) is 20.8. The summed E-state index contributed by atoms with van der Waals surface area (Å²) in [7, 11) is 0. The first kappa shape index (κ1) is 26.9. The van der Waals surface area contributed by atoms with Crippen LogP contribution in [0.4, 0.5) is 8.78 Å². The third kappa shape index (κ3) is 8.80. The maximum Gasteiger partial charge on any atom is 0.248 e. The molecule has 2 atom stereocenters. The van der Waals surface area contributed by atoms with Gasteiger partial charge in [-0.05, 0) is 66.9 Å². The van der Waals surface area contributed by atoms with Gasteiger partial charge in [-0.1, -0.05) is 94.3 Å². The van der Waals surface area contributed by atoms with Gasteiger partial charge in [0.2, 0.25) is 5.92 Å². The third-order valence-electron chi connectivity index (χ3n) is 7.48. The lowest BCUT2D eigenvalue weighted by molar-refractivity contribution is -0.0590. The van der Waals surface area contributed by atoms with Gasteiger partial charge in [-0.3, -0.25) is 0 Å². The van der Waals surface area contributed by atoms with E-state index in [9.17, 15) is 8.78 Å². The van der Waals surface area contributed by atoms with Crippen LogP contribution in [0.25, 0.3) is 0 Å². The lowest BCUT2D eigenvalue weighted by atomic mass is 9.71. The maximum absolute atomic E-state index is 14.8. The molecule has 1 aliphatic rings. The minimum Gasteiger partial charge on any atom is -0.373 e. The highest BCUT2D eigenvalue weighted by molar-refractivity contribution is 5.19. The molecule has 3 rings (SSSR count). The van der Waals surface area contributed by atoms with Crippen molar-refractivity contribution in [1.29, 1.82) is 0 Å². The molecule has 0 aromatic heterocycles. The van der Waals surface area contributed by atoms with Gasteiger partial charge in [0, 0.05) is 19.4 Å². The Kier molecular flexibility index (Phi) is 10.6. The van der Waals surface area contributed by atoms with E-state index in [4.69, 9.17) is 4.74 Å². The van der Waals surface area contributed by atoms with Crippen LogP contribution in [-0.2, 0) is 11.2 Å². The summed E-state index contributed by atoms with van der Waals surface area (Å²) in [4.78, 5) is 0. The van der Waals surface area contributed by atoms with E-state index in [-0.39, 0.29) is 30.8 Å². The molecule has 2 aromatic rings. The molecule has 0 N–H and O–H groups in total. The quantitative estimate of drug-likeness (QED) is 0.265. The van der Waals surface area contributed by atoms with Crippen LogP contribution in [0.5, 0.6) is 0 Å². The number of rotatable bonds is 13. The molecule has 0 amide bonds. The molecule has 0 aliphatic heterocycles. The van der Waals surface area contributed by atoms with E-state index in [0.29, 0.717) is 18.9 Å². The summed E-state index contributed by atoms with van der Waals surface area (Å²) in [5.74, 6) is -1.29. The molecule has 0 radical (unpaired) electrons. The van der Waals surface area contributed by atoms with Gasteiger partial charge >= 0.3 is 0 Å². The van der Waals surface area contributed by atoms with Crippen LogP contribution in [-0.4, -0.2) is 12.5 Å². The second kappa shape index (κ2) is 13.4. The van der Waals surface area contributed by atoms with E-state index in [0.717, 1.165) is 37.2 Å². The fourth-order valence-electron chi connectivity index (χ4n) is 5.67. The van der Waals surface area contributed by atoms with Gasteiger partial charge in [0.15, 0.2) is 0 Å². The van der Waals surface area contributed by atoms with Crippen molar-refractivity contribution in [1.82, 2.24) is 0 Å². The second-order valence-electron chi connectivity index (χ2n) is 11.0. The highest BCUT2D eigenvalue weighted by atomic mass is 19.3. The molecule has 1 aliphatic carbocycles. The Balaban J connectivity index is 1.74. The Morgan fingerprint density at radius 2 is 1.53 bits per heavy atom. The molecule has 3 heteroatoms. The summed E-state index contributed by atoms with van der Waals surface area (Å²) >= 11 is 0. The highest BCUT2D eigenvalue weighted by Crippen LogP contribution is 2.44. The van der Waals surface area contributed by atoms with Gasteiger partial charge in [0.05, 0.1) is 6.10 Å². The van der Waals surface area contributed by atoms with Crippen molar-refractivity contribution in [2.75, 3.05) is 6.61 Å². The molecule has 1 nitrogen and oxygen atoms in total. The number of halogens is 2. The second-order valence-corrected chi connectivity index (χ2v) is 11.0. The fraction of sp³-hybridized carbons (Fsp3) is 0.613. The average Bonchev–Trinajstić information content (AvgIpc) is 2.82. The highest BCUT2D eigenvalue weighted by Gasteiger charge is 2.37. The number of alkyl halides is 2. The lowest BCUT2D eigenvalue weighted by Crippen LogP contribution is -2.30. The van der Waals surface area contributed by atoms with Crippen LogP contribution in [0, 0.1) is 23.7 Å². The van der Waals surface area contributed by atoms with E-state index >= 15 is 0 Å². The molecular formula is C31H44F2O. The van der Waals surface area contributed by atoms with Crippen molar-refractivity contribution in [3.05, 3.63) is 71.8 Å². The molecule has 1 fully saturated rings. The Morgan fingerprint density at radius 1 is 0.912 bits per heavy atom. The van der Waals surface area contributed by atoms with Gasteiger partial charge in [-0.25, -0.2) is 8.78 Å². The van der Waals surface area contributed by atoms with Crippen LogP contribution < -0.4 is 0 Å². The molecule has 0 saturated heterocycles.